The fourth-order valence-electron chi connectivity index (χ4n) is 6.64. The van der Waals surface area contributed by atoms with Crippen molar-refractivity contribution in [3.05, 3.63) is 0 Å². The van der Waals surface area contributed by atoms with E-state index in [1.165, 1.54) is 6.42 Å². The van der Waals surface area contributed by atoms with E-state index in [9.17, 15) is 19.2 Å². The van der Waals surface area contributed by atoms with Crippen LogP contribution in [-0.4, -0.2) is 64.3 Å². The van der Waals surface area contributed by atoms with Gasteiger partial charge in [-0.25, -0.2) is 4.79 Å². The number of imide groups is 1. The number of hydrogen-bond acceptors (Lipinski definition) is 4. The van der Waals surface area contributed by atoms with Crippen LogP contribution in [0.3, 0.4) is 0 Å². The van der Waals surface area contributed by atoms with Gasteiger partial charge in [-0.2, -0.15) is 0 Å². The Kier molecular flexibility index (Phi) is 5.90. The van der Waals surface area contributed by atoms with Crippen LogP contribution in [0, 0.1) is 17.3 Å². The van der Waals surface area contributed by atoms with E-state index >= 15 is 0 Å². The molecule has 2 heterocycles. The minimum absolute atomic E-state index is 0.0110. The monoisotopic (exact) mass is 458 g/mol. The van der Waals surface area contributed by atoms with Gasteiger partial charge in [0.05, 0.1) is 17.5 Å². The molecule has 5 fully saturated rings. The zero-order chi connectivity index (χ0) is 23.3. The van der Waals surface area contributed by atoms with Crippen LogP contribution in [0.15, 0.2) is 0 Å². The van der Waals surface area contributed by atoms with Crippen molar-refractivity contribution in [2.24, 2.45) is 17.3 Å². The van der Waals surface area contributed by atoms with Crippen molar-refractivity contribution >= 4 is 23.8 Å². The van der Waals surface area contributed by atoms with Crippen molar-refractivity contribution < 1.29 is 19.2 Å². The molecule has 0 aromatic heterocycles. The van der Waals surface area contributed by atoms with Crippen LogP contribution in [0.2, 0.25) is 0 Å². The van der Waals surface area contributed by atoms with E-state index in [1.54, 1.807) is 4.90 Å². The minimum Gasteiger partial charge on any atom is -0.335 e. The summed E-state index contributed by atoms with van der Waals surface area (Å²) in [5.74, 6) is -0.285. The van der Waals surface area contributed by atoms with Crippen LogP contribution < -0.4 is 10.6 Å². The maximum Gasteiger partial charge on any atom is 0.315 e. The zero-order valence-electron chi connectivity index (χ0n) is 20.0. The van der Waals surface area contributed by atoms with Crippen LogP contribution in [0.5, 0.6) is 0 Å². The molecule has 3 aliphatic carbocycles. The maximum atomic E-state index is 13.8. The molecule has 8 nitrogen and oxygen atoms in total. The van der Waals surface area contributed by atoms with Gasteiger partial charge in [0.2, 0.25) is 17.7 Å². The van der Waals surface area contributed by atoms with Gasteiger partial charge < -0.3 is 15.5 Å². The minimum atomic E-state index is -0.646. The molecular weight excluding hydrogens is 420 g/mol. The number of urea groups is 1. The van der Waals surface area contributed by atoms with Gasteiger partial charge in [-0.15, -0.1) is 0 Å². The van der Waals surface area contributed by atoms with Crippen LogP contribution in [0.25, 0.3) is 0 Å². The van der Waals surface area contributed by atoms with E-state index in [0.717, 1.165) is 57.8 Å². The molecule has 0 aromatic rings. The lowest BCUT2D eigenvalue weighted by Gasteiger charge is -2.44. The number of carbonyl (C=O) groups is 4. The first-order chi connectivity index (χ1) is 15.8. The number of nitrogens with one attached hydrogen (secondary N) is 2. The summed E-state index contributed by atoms with van der Waals surface area (Å²) < 4.78 is 0. The van der Waals surface area contributed by atoms with Crippen LogP contribution in [-0.2, 0) is 14.4 Å². The molecule has 5 aliphatic rings. The zero-order valence-corrected chi connectivity index (χ0v) is 20.0. The third kappa shape index (κ3) is 3.83. The predicted molar refractivity (Wildman–Crippen MR) is 122 cm³/mol. The third-order valence-electron chi connectivity index (χ3n) is 8.76. The summed E-state index contributed by atoms with van der Waals surface area (Å²) in [5, 5.41) is 6.01. The molecule has 3 atom stereocenters. The molecule has 2 saturated heterocycles. The molecule has 0 radical (unpaired) electrons. The predicted octanol–water partition coefficient (Wildman–Crippen LogP) is 2.56. The number of rotatable bonds is 5. The lowest BCUT2D eigenvalue weighted by Crippen LogP contribution is -2.59. The molecule has 5 amide bonds. The van der Waals surface area contributed by atoms with Gasteiger partial charge in [-0.05, 0) is 50.9 Å². The van der Waals surface area contributed by atoms with E-state index < -0.39 is 11.5 Å². The largest absolute Gasteiger partial charge is 0.335 e. The molecule has 0 bridgehead atoms. The Bertz CT molecular complexity index is 828. The van der Waals surface area contributed by atoms with Gasteiger partial charge in [0, 0.05) is 18.5 Å². The quantitative estimate of drug-likeness (QED) is 0.619. The Morgan fingerprint density at radius 1 is 0.970 bits per heavy atom. The van der Waals surface area contributed by atoms with E-state index in [1.807, 2.05) is 18.7 Å². The second-order valence-electron chi connectivity index (χ2n) is 11.3. The number of likely N-dealkylation sites (tertiary alicyclic amines) is 2. The second-order valence-corrected chi connectivity index (χ2v) is 11.3. The highest BCUT2D eigenvalue weighted by molar-refractivity contribution is 6.04. The number of amides is 5. The van der Waals surface area contributed by atoms with Crippen LogP contribution >= 0.6 is 0 Å². The van der Waals surface area contributed by atoms with Crippen molar-refractivity contribution in [2.75, 3.05) is 6.54 Å². The van der Waals surface area contributed by atoms with Gasteiger partial charge >= 0.3 is 6.03 Å². The van der Waals surface area contributed by atoms with Gasteiger partial charge in [0.15, 0.2) is 0 Å². The van der Waals surface area contributed by atoms with Crippen LogP contribution in [0.4, 0.5) is 4.79 Å². The lowest BCUT2D eigenvalue weighted by molar-refractivity contribution is -0.152. The fourth-order valence-corrected chi connectivity index (χ4v) is 6.64. The highest BCUT2D eigenvalue weighted by atomic mass is 16.2. The Morgan fingerprint density at radius 3 is 2.24 bits per heavy atom. The molecule has 182 valence electrons. The average Bonchev–Trinajstić information content (AvgIpc) is 3.47. The Labute approximate surface area is 196 Å². The summed E-state index contributed by atoms with van der Waals surface area (Å²) >= 11 is 0. The van der Waals surface area contributed by atoms with E-state index in [0.29, 0.717) is 13.0 Å². The summed E-state index contributed by atoms with van der Waals surface area (Å²) in [5.41, 5.74) is -0.604. The highest BCUT2D eigenvalue weighted by Gasteiger charge is 2.68. The molecule has 3 saturated carbocycles. The normalized spacial score (nSPS) is 29.7. The summed E-state index contributed by atoms with van der Waals surface area (Å²) in [4.78, 5) is 56.3. The first kappa shape index (κ1) is 22.7. The molecule has 5 rings (SSSR count). The highest BCUT2D eigenvalue weighted by Crippen LogP contribution is 2.56. The van der Waals surface area contributed by atoms with Crippen LogP contribution in [0.1, 0.15) is 84.5 Å². The van der Waals surface area contributed by atoms with Crippen molar-refractivity contribution in [1.29, 1.82) is 0 Å². The smallest absolute Gasteiger partial charge is 0.315 e. The average molecular weight is 459 g/mol. The first-order valence-corrected chi connectivity index (χ1v) is 13.1. The Balaban J connectivity index is 1.32. The Morgan fingerprint density at radius 2 is 1.67 bits per heavy atom. The maximum absolute atomic E-state index is 13.8. The molecule has 0 unspecified atom stereocenters. The molecule has 0 aromatic carbocycles. The molecule has 33 heavy (non-hydrogen) atoms. The van der Waals surface area contributed by atoms with E-state index in [4.69, 9.17) is 0 Å². The number of fused-ring (bicyclic) bond motifs is 2. The molecular formula is C25H38N4O4. The SMILES string of the molecule is CC(C)[C@H](NC(=O)NC1CCCCC1)C(=O)N1CC[C@H]2[C@H]1C1(CCC1)C(=O)N2C(=O)C1CC1. The molecule has 1 spiro atoms. The topological polar surface area (TPSA) is 98.8 Å². The number of nitrogens with zero attached hydrogens (tertiary/aromatic N) is 2. The molecule has 2 aliphatic heterocycles. The number of carbonyl (C=O) groups excluding carboxylic acids is 4. The van der Waals surface area contributed by atoms with Crippen molar-refractivity contribution in [3.8, 4) is 0 Å². The lowest BCUT2D eigenvalue weighted by atomic mass is 9.64. The summed E-state index contributed by atoms with van der Waals surface area (Å²) in [6.07, 6.45) is 10.3. The van der Waals surface area contributed by atoms with E-state index in [2.05, 4.69) is 10.6 Å². The van der Waals surface area contributed by atoms with E-state index in [-0.39, 0.29) is 53.7 Å². The second kappa shape index (κ2) is 8.58. The molecule has 8 heteroatoms. The number of hydrogen-bond donors (Lipinski definition) is 2. The van der Waals surface area contributed by atoms with Gasteiger partial charge in [0.25, 0.3) is 0 Å². The van der Waals surface area contributed by atoms with Gasteiger partial charge in [-0.1, -0.05) is 39.5 Å². The van der Waals surface area contributed by atoms with Crippen molar-refractivity contribution in [3.63, 3.8) is 0 Å². The standard InChI is InChI=1S/C25H38N4O4/c1-15(2)19(27-24(33)26-17-7-4-3-5-8-17)22(31)28-14-11-18-20(28)25(12-6-13-25)23(32)29(18)21(30)16-9-10-16/h15-20H,3-14H2,1-2H3,(H2,26,27,33)/t18-,19-,20-/m0/s1. The first-order valence-electron chi connectivity index (χ1n) is 13.1. The summed E-state index contributed by atoms with van der Waals surface area (Å²) in [6.45, 7) is 4.42. The third-order valence-corrected chi connectivity index (χ3v) is 8.76. The summed E-state index contributed by atoms with van der Waals surface area (Å²) in [7, 11) is 0. The van der Waals surface area contributed by atoms with Crippen molar-refractivity contribution in [2.45, 2.75) is 109 Å². The molecule has 2 N–H and O–H groups in total. The Hall–Kier alpha value is -2.12. The van der Waals surface area contributed by atoms with Crippen molar-refractivity contribution in [1.82, 2.24) is 20.4 Å². The van der Waals surface area contributed by atoms with Gasteiger partial charge in [0.1, 0.15) is 6.04 Å². The summed E-state index contributed by atoms with van der Waals surface area (Å²) in [6, 6.07) is -1.22. The van der Waals surface area contributed by atoms with Gasteiger partial charge in [-0.3, -0.25) is 19.3 Å². The fraction of sp³-hybridized carbons (Fsp3) is 0.840.